The van der Waals surface area contributed by atoms with Crippen LogP contribution < -0.4 is 10.1 Å². The Balaban J connectivity index is 1.70. The highest BCUT2D eigenvalue weighted by atomic mass is 35.5. The molecule has 0 saturated heterocycles. The van der Waals surface area contributed by atoms with E-state index in [1.54, 1.807) is 13.8 Å². The zero-order chi connectivity index (χ0) is 22.6. The van der Waals surface area contributed by atoms with Crippen LogP contribution in [0.1, 0.15) is 52.0 Å². The van der Waals surface area contributed by atoms with Crippen molar-refractivity contribution in [3.63, 3.8) is 0 Å². The number of carbonyl (C=O) groups excluding carboxylic acids is 1. The molecular formula is C25H30ClF2NO2. The van der Waals surface area contributed by atoms with Crippen LogP contribution in [0, 0.1) is 23.5 Å². The van der Waals surface area contributed by atoms with Gasteiger partial charge >= 0.3 is 0 Å². The van der Waals surface area contributed by atoms with Gasteiger partial charge in [-0.05, 0) is 56.7 Å². The second-order valence-corrected chi connectivity index (χ2v) is 9.46. The van der Waals surface area contributed by atoms with Gasteiger partial charge in [-0.25, -0.2) is 8.78 Å². The van der Waals surface area contributed by atoms with Crippen LogP contribution in [-0.2, 0) is 11.2 Å². The van der Waals surface area contributed by atoms with Crippen LogP contribution in [0.25, 0.3) is 0 Å². The lowest BCUT2D eigenvalue weighted by Gasteiger charge is -2.33. The molecule has 0 heterocycles. The van der Waals surface area contributed by atoms with Gasteiger partial charge in [-0.1, -0.05) is 49.4 Å². The molecule has 1 aliphatic carbocycles. The van der Waals surface area contributed by atoms with Crippen LogP contribution in [0.2, 0.25) is 5.02 Å². The lowest BCUT2D eigenvalue weighted by atomic mass is 9.80. The Labute approximate surface area is 188 Å². The molecular weight excluding hydrogens is 420 g/mol. The summed E-state index contributed by atoms with van der Waals surface area (Å²) in [5.74, 6) is -1.02. The summed E-state index contributed by atoms with van der Waals surface area (Å²) in [6.45, 7) is 5.22. The Kier molecular flexibility index (Phi) is 7.58. The number of hydrogen-bond acceptors (Lipinski definition) is 2. The fourth-order valence-electron chi connectivity index (χ4n) is 4.45. The molecule has 0 bridgehead atoms. The molecule has 2 atom stereocenters. The van der Waals surface area contributed by atoms with Gasteiger partial charge < -0.3 is 10.1 Å². The average molecular weight is 450 g/mol. The van der Waals surface area contributed by atoms with E-state index in [4.69, 9.17) is 16.3 Å². The largest absolute Gasteiger partial charge is 0.478 e. The highest BCUT2D eigenvalue weighted by Gasteiger charge is 2.35. The standard InChI is InChI=1S/C25H30ClF2NO2/c1-16(23(18-6-4-5-7-18)12-17-8-10-19(26)11-9-17)29-24(30)25(2,3)31-22-14-20(27)13-21(28)15-22/h8-11,13-16,18,23H,4-7,12H2,1-3H3,(H,29,30). The van der Waals surface area contributed by atoms with Crippen molar-refractivity contribution < 1.29 is 18.3 Å². The molecule has 2 aromatic carbocycles. The summed E-state index contributed by atoms with van der Waals surface area (Å²) < 4.78 is 32.6. The molecule has 0 aliphatic heterocycles. The van der Waals surface area contributed by atoms with Gasteiger partial charge in [0.1, 0.15) is 17.4 Å². The zero-order valence-corrected chi connectivity index (χ0v) is 19.0. The van der Waals surface area contributed by atoms with Crippen LogP contribution in [-0.4, -0.2) is 17.6 Å². The summed E-state index contributed by atoms with van der Waals surface area (Å²) in [7, 11) is 0. The van der Waals surface area contributed by atoms with Crippen molar-refractivity contribution in [2.75, 3.05) is 0 Å². The number of benzene rings is 2. The van der Waals surface area contributed by atoms with Crippen molar-refractivity contribution in [1.29, 1.82) is 0 Å². The molecule has 0 radical (unpaired) electrons. The van der Waals surface area contributed by atoms with Gasteiger partial charge in [0.15, 0.2) is 5.60 Å². The summed E-state index contributed by atoms with van der Waals surface area (Å²) in [6.07, 6.45) is 5.58. The number of halogens is 3. The summed E-state index contributed by atoms with van der Waals surface area (Å²) >= 11 is 6.03. The quantitative estimate of drug-likeness (QED) is 0.511. The average Bonchev–Trinajstić information content (AvgIpc) is 3.20. The Hall–Kier alpha value is -2.14. The van der Waals surface area contributed by atoms with Crippen molar-refractivity contribution in [3.8, 4) is 5.75 Å². The first kappa shape index (κ1) is 23.5. The topological polar surface area (TPSA) is 38.3 Å². The van der Waals surface area contributed by atoms with Crippen LogP contribution in [0.3, 0.4) is 0 Å². The van der Waals surface area contributed by atoms with E-state index in [9.17, 15) is 13.6 Å². The predicted octanol–water partition coefficient (Wildman–Crippen LogP) is 6.33. The molecule has 3 nitrogen and oxygen atoms in total. The Morgan fingerprint density at radius 2 is 1.71 bits per heavy atom. The lowest BCUT2D eigenvalue weighted by molar-refractivity contribution is -0.135. The SMILES string of the molecule is CC(NC(=O)C(C)(C)Oc1cc(F)cc(F)c1)C(Cc1ccc(Cl)cc1)C1CCCC1. The molecule has 2 aromatic rings. The number of amides is 1. The van der Waals surface area contributed by atoms with Crippen LogP contribution in [0.5, 0.6) is 5.75 Å². The molecule has 1 N–H and O–H groups in total. The molecule has 1 amide bonds. The molecule has 1 saturated carbocycles. The third-order valence-electron chi connectivity index (χ3n) is 6.15. The maximum atomic E-state index is 13.5. The minimum absolute atomic E-state index is 0.0150. The second-order valence-electron chi connectivity index (χ2n) is 9.02. The molecule has 3 rings (SSSR count). The fourth-order valence-corrected chi connectivity index (χ4v) is 4.57. The number of nitrogens with one attached hydrogen (secondary N) is 1. The normalized spacial score (nSPS) is 16.7. The minimum atomic E-state index is -1.28. The first-order valence-corrected chi connectivity index (χ1v) is 11.2. The smallest absolute Gasteiger partial charge is 0.263 e. The van der Waals surface area contributed by atoms with E-state index >= 15 is 0 Å². The van der Waals surface area contributed by atoms with Crippen molar-refractivity contribution in [2.24, 2.45) is 11.8 Å². The molecule has 1 aliphatic rings. The zero-order valence-electron chi connectivity index (χ0n) is 18.3. The van der Waals surface area contributed by atoms with Gasteiger partial charge in [-0.3, -0.25) is 4.79 Å². The van der Waals surface area contributed by atoms with Crippen LogP contribution in [0.15, 0.2) is 42.5 Å². The van der Waals surface area contributed by atoms with E-state index in [1.807, 2.05) is 31.2 Å². The highest BCUT2D eigenvalue weighted by Crippen LogP contribution is 2.35. The van der Waals surface area contributed by atoms with Gasteiger partial charge in [0.2, 0.25) is 0 Å². The van der Waals surface area contributed by atoms with E-state index in [2.05, 4.69) is 5.32 Å². The van der Waals surface area contributed by atoms with Crippen molar-refractivity contribution in [2.45, 2.75) is 64.5 Å². The number of rotatable bonds is 8. The summed E-state index contributed by atoms with van der Waals surface area (Å²) in [4.78, 5) is 13.0. The molecule has 0 aromatic heterocycles. The molecule has 1 fully saturated rings. The van der Waals surface area contributed by atoms with Crippen molar-refractivity contribution in [1.82, 2.24) is 5.32 Å². The molecule has 6 heteroatoms. The van der Waals surface area contributed by atoms with Crippen LogP contribution in [0.4, 0.5) is 8.78 Å². The third kappa shape index (κ3) is 6.42. The van der Waals surface area contributed by atoms with Gasteiger partial charge in [-0.15, -0.1) is 0 Å². The maximum Gasteiger partial charge on any atom is 0.263 e. The van der Waals surface area contributed by atoms with E-state index in [1.165, 1.54) is 18.4 Å². The second kappa shape index (κ2) is 9.99. The third-order valence-corrected chi connectivity index (χ3v) is 6.40. The van der Waals surface area contributed by atoms with E-state index in [0.29, 0.717) is 10.9 Å². The monoisotopic (exact) mass is 449 g/mol. The fraction of sp³-hybridized carbons (Fsp3) is 0.480. The summed E-state index contributed by atoms with van der Waals surface area (Å²) in [6, 6.07) is 10.7. The minimum Gasteiger partial charge on any atom is -0.478 e. The van der Waals surface area contributed by atoms with Crippen molar-refractivity contribution >= 4 is 17.5 Å². The molecule has 2 unspecified atom stereocenters. The van der Waals surface area contributed by atoms with E-state index < -0.39 is 17.2 Å². The molecule has 31 heavy (non-hydrogen) atoms. The lowest BCUT2D eigenvalue weighted by Crippen LogP contribution is -2.52. The van der Waals surface area contributed by atoms with Gasteiger partial charge in [-0.2, -0.15) is 0 Å². The molecule has 168 valence electrons. The van der Waals surface area contributed by atoms with Gasteiger partial charge in [0, 0.05) is 29.3 Å². The van der Waals surface area contributed by atoms with Gasteiger partial charge in [0.25, 0.3) is 5.91 Å². The molecule has 0 spiro atoms. The summed E-state index contributed by atoms with van der Waals surface area (Å²) in [5.41, 5.74) is -0.0946. The Morgan fingerprint density at radius 1 is 1.13 bits per heavy atom. The van der Waals surface area contributed by atoms with E-state index in [-0.39, 0.29) is 23.6 Å². The first-order chi connectivity index (χ1) is 14.6. The van der Waals surface area contributed by atoms with Crippen molar-refractivity contribution in [3.05, 3.63) is 64.7 Å². The maximum absolute atomic E-state index is 13.5. The van der Waals surface area contributed by atoms with Crippen LogP contribution >= 0.6 is 11.6 Å². The number of ether oxygens (including phenoxy) is 1. The Morgan fingerprint density at radius 3 is 2.29 bits per heavy atom. The Bertz CT molecular complexity index is 875. The summed E-state index contributed by atoms with van der Waals surface area (Å²) in [5, 5.41) is 3.80. The van der Waals surface area contributed by atoms with E-state index in [0.717, 1.165) is 37.5 Å². The predicted molar refractivity (Wildman–Crippen MR) is 119 cm³/mol. The number of carbonyl (C=O) groups is 1. The first-order valence-electron chi connectivity index (χ1n) is 10.8. The highest BCUT2D eigenvalue weighted by molar-refractivity contribution is 6.30. The van der Waals surface area contributed by atoms with Gasteiger partial charge in [0.05, 0.1) is 0 Å². The number of hydrogen-bond donors (Lipinski definition) is 1.